The molecule has 2 N–H and O–H groups in total. The highest BCUT2D eigenvalue weighted by Gasteiger charge is 2.54. The number of hydrogen-bond donors (Lipinski definition) is 2. The van der Waals surface area contributed by atoms with Crippen molar-refractivity contribution in [3.63, 3.8) is 0 Å². The Morgan fingerprint density at radius 3 is 2.42 bits per heavy atom. The van der Waals surface area contributed by atoms with Gasteiger partial charge in [-0.15, -0.1) is 10.2 Å². The fraction of sp³-hybridized carbons (Fsp3) is 0.433. The van der Waals surface area contributed by atoms with E-state index in [0.29, 0.717) is 28.7 Å². The van der Waals surface area contributed by atoms with Crippen LogP contribution < -0.4 is 10.6 Å². The number of anilines is 1. The highest BCUT2D eigenvalue weighted by Crippen LogP contribution is 2.60. The van der Waals surface area contributed by atoms with Crippen LogP contribution in [0.2, 0.25) is 0 Å². The largest absolute Gasteiger partial charge is 0.416 e. The van der Waals surface area contributed by atoms with Gasteiger partial charge in [-0.05, 0) is 86.6 Å². The molecule has 4 aliphatic carbocycles. The van der Waals surface area contributed by atoms with Gasteiger partial charge in [0.25, 0.3) is 0 Å². The third-order valence-electron chi connectivity index (χ3n) is 8.93. The zero-order valence-electron chi connectivity index (χ0n) is 23.1. The monoisotopic (exact) mass is 626 g/mol. The Kier molecular flexibility index (Phi) is 7.19. The molecule has 0 atom stereocenters. The van der Waals surface area contributed by atoms with Crippen LogP contribution in [0.15, 0.2) is 53.7 Å². The average molecular weight is 627 g/mol. The Hall–Kier alpha value is -3.45. The molecule has 0 spiro atoms. The molecule has 0 aliphatic heterocycles. The molecule has 4 bridgehead atoms. The number of nitrogens with one attached hydrogen (secondary N) is 2. The van der Waals surface area contributed by atoms with Crippen LogP contribution in [0.1, 0.15) is 49.9 Å². The van der Waals surface area contributed by atoms with Crippen LogP contribution in [0.3, 0.4) is 0 Å². The van der Waals surface area contributed by atoms with Crippen LogP contribution in [0.5, 0.6) is 0 Å². The summed E-state index contributed by atoms with van der Waals surface area (Å²) in [5.74, 6) is 1.69. The summed E-state index contributed by atoms with van der Waals surface area (Å²) >= 11 is 2.40. The van der Waals surface area contributed by atoms with Gasteiger partial charge in [-0.1, -0.05) is 41.3 Å². The number of carbonyl (C=O) groups excluding carboxylic acids is 2. The number of thioether (sulfide) groups is 1. The van der Waals surface area contributed by atoms with E-state index >= 15 is 0 Å². The van der Waals surface area contributed by atoms with Crippen LogP contribution in [-0.4, -0.2) is 37.3 Å². The van der Waals surface area contributed by atoms with Gasteiger partial charge in [-0.2, -0.15) is 13.2 Å². The number of rotatable bonds is 8. The van der Waals surface area contributed by atoms with Gasteiger partial charge in [-0.25, -0.2) is 4.98 Å². The van der Waals surface area contributed by atoms with E-state index in [1.54, 1.807) is 0 Å². The fourth-order valence-electron chi connectivity index (χ4n) is 7.54. The molecule has 2 aromatic carbocycles. The maximum atomic E-state index is 13.6. The zero-order valence-corrected chi connectivity index (χ0v) is 24.7. The van der Waals surface area contributed by atoms with Gasteiger partial charge in [0.15, 0.2) is 16.1 Å². The third-order valence-corrected chi connectivity index (χ3v) is 10.8. The van der Waals surface area contributed by atoms with Crippen molar-refractivity contribution < 1.29 is 22.8 Å². The van der Waals surface area contributed by atoms with Crippen LogP contribution in [0.25, 0.3) is 15.9 Å². The molecular weight excluding hydrogens is 597 g/mol. The van der Waals surface area contributed by atoms with Crippen molar-refractivity contribution in [2.45, 2.75) is 56.4 Å². The molecule has 13 heteroatoms. The number of hydrogen-bond acceptors (Lipinski definition) is 7. The number of aromatic nitrogens is 4. The highest BCUT2D eigenvalue weighted by atomic mass is 32.2. The van der Waals surface area contributed by atoms with Gasteiger partial charge >= 0.3 is 6.18 Å². The number of para-hydroxylation sites is 1. The predicted molar refractivity (Wildman–Crippen MR) is 158 cm³/mol. The first-order valence-corrected chi connectivity index (χ1v) is 16.1. The maximum absolute atomic E-state index is 13.6. The van der Waals surface area contributed by atoms with Crippen LogP contribution in [0.4, 0.5) is 18.3 Å². The molecule has 8 rings (SSSR count). The van der Waals surface area contributed by atoms with Crippen molar-refractivity contribution in [1.82, 2.24) is 25.1 Å². The first kappa shape index (κ1) is 28.3. The fourth-order valence-corrected chi connectivity index (χ4v) is 9.19. The number of benzene rings is 2. The second-order valence-electron chi connectivity index (χ2n) is 12.0. The molecule has 224 valence electrons. The van der Waals surface area contributed by atoms with Crippen LogP contribution in [-0.2, 0) is 22.3 Å². The number of amides is 2. The van der Waals surface area contributed by atoms with E-state index in [0.717, 1.165) is 53.4 Å². The summed E-state index contributed by atoms with van der Waals surface area (Å²) in [7, 11) is 0. The number of halogens is 3. The average Bonchev–Trinajstić information content (AvgIpc) is 3.57. The van der Waals surface area contributed by atoms with Gasteiger partial charge < -0.3 is 10.6 Å². The second-order valence-corrected chi connectivity index (χ2v) is 14.0. The SMILES string of the molecule is O=C(CSc1nnc(CNC(=O)C23CC4CC(CC(C4)C2)C3)n1-c1cccc(C(F)(F)F)c1)Nc1nc2ccccc2s1. The number of carbonyl (C=O) groups is 2. The molecule has 4 saturated carbocycles. The lowest BCUT2D eigenvalue weighted by Gasteiger charge is -2.55. The predicted octanol–water partition coefficient (Wildman–Crippen LogP) is 6.46. The third kappa shape index (κ3) is 5.64. The van der Waals surface area contributed by atoms with Crippen molar-refractivity contribution in [2.75, 3.05) is 11.1 Å². The van der Waals surface area contributed by atoms with Crippen molar-refractivity contribution in [3.05, 3.63) is 59.9 Å². The summed E-state index contributed by atoms with van der Waals surface area (Å²) in [6, 6.07) is 12.4. The number of alkyl halides is 3. The normalized spacial score (nSPS) is 24.4. The highest BCUT2D eigenvalue weighted by molar-refractivity contribution is 7.99. The van der Waals surface area contributed by atoms with E-state index in [2.05, 4.69) is 25.8 Å². The van der Waals surface area contributed by atoms with Gasteiger partial charge in [-0.3, -0.25) is 14.2 Å². The molecule has 0 unspecified atom stereocenters. The van der Waals surface area contributed by atoms with Gasteiger partial charge in [0.05, 0.1) is 33.8 Å². The van der Waals surface area contributed by atoms with E-state index in [1.807, 2.05) is 24.3 Å². The van der Waals surface area contributed by atoms with E-state index in [1.165, 1.54) is 47.3 Å². The number of fused-ring (bicyclic) bond motifs is 1. The summed E-state index contributed by atoms with van der Waals surface area (Å²) < 4.78 is 43.2. The lowest BCUT2D eigenvalue weighted by molar-refractivity contribution is -0.146. The summed E-state index contributed by atoms with van der Waals surface area (Å²) in [5, 5.41) is 15.0. The van der Waals surface area contributed by atoms with Crippen molar-refractivity contribution in [1.29, 1.82) is 0 Å². The quantitative estimate of drug-likeness (QED) is 0.218. The molecule has 2 heterocycles. The topological polar surface area (TPSA) is 102 Å². The summed E-state index contributed by atoms with van der Waals surface area (Å²) in [5.41, 5.74) is -0.203. The summed E-state index contributed by atoms with van der Waals surface area (Å²) in [6.45, 7) is 0.0162. The zero-order chi connectivity index (χ0) is 29.8. The lowest BCUT2D eigenvalue weighted by atomic mass is 9.49. The second kappa shape index (κ2) is 10.9. The van der Waals surface area contributed by atoms with Gasteiger partial charge in [0.1, 0.15) is 0 Å². The molecule has 0 radical (unpaired) electrons. The first-order valence-electron chi connectivity index (χ1n) is 14.3. The first-order chi connectivity index (χ1) is 20.6. The summed E-state index contributed by atoms with van der Waals surface area (Å²) in [6.07, 6.45) is 1.79. The smallest absolute Gasteiger partial charge is 0.348 e. The standard InChI is InChI=1S/C30H29F3N6O2S2/c31-30(32,33)20-4-3-5-21(11-20)39-24(15-34-26(41)29-12-17-8-18(13-29)10-19(9-17)14-29)37-38-28(39)42-16-25(40)36-27-35-22-6-1-2-7-23(22)43-27/h1-7,11,17-19H,8-10,12-16H2,(H,34,41)(H,35,36,40). The van der Waals surface area contributed by atoms with Gasteiger partial charge in [0, 0.05) is 5.41 Å². The van der Waals surface area contributed by atoms with E-state index < -0.39 is 11.7 Å². The number of thiazole rings is 1. The minimum absolute atomic E-state index is 0.00499. The Bertz CT molecular complexity index is 1630. The van der Waals surface area contributed by atoms with Crippen molar-refractivity contribution in [3.8, 4) is 5.69 Å². The molecule has 43 heavy (non-hydrogen) atoms. The Morgan fingerprint density at radius 1 is 1.00 bits per heavy atom. The van der Waals surface area contributed by atoms with Crippen molar-refractivity contribution >= 4 is 50.3 Å². The van der Waals surface area contributed by atoms with Crippen LogP contribution >= 0.6 is 23.1 Å². The molecule has 0 saturated heterocycles. The molecule has 2 amide bonds. The molecule has 2 aromatic heterocycles. The van der Waals surface area contributed by atoms with E-state index in [4.69, 9.17) is 0 Å². The minimum atomic E-state index is -4.54. The van der Waals surface area contributed by atoms with Gasteiger partial charge in [0.2, 0.25) is 11.8 Å². The molecule has 4 aromatic rings. The van der Waals surface area contributed by atoms with Crippen molar-refractivity contribution in [2.24, 2.45) is 23.2 Å². The lowest BCUT2D eigenvalue weighted by Crippen LogP contribution is -2.53. The summed E-state index contributed by atoms with van der Waals surface area (Å²) in [4.78, 5) is 30.8. The Labute approximate surface area is 253 Å². The Morgan fingerprint density at radius 2 is 1.72 bits per heavy atom. The molecule has 4 fully saturated rings. The maximum Gasteiger partial charge on any atom is 0.416 e. The van der Waals surface area contributed by atoms with E-state index in [9.17, 15) is 22.8 Å². The van der Waals surface area contributed by atoms with Crippen LogP contribution in [0, 0.1) is 23.2 Å². The molecule has 4 aliphatic rings. The minimum Gasteiger partial charge on any atom is -0.348 e. The molecule has 8 nitrogen and oxygen atoms in total. The van der Waals surface area contributed by atoms with E-state index in [-0.39, 0.29) is 40.4 Å². The Balaban J connectivity index is 1.10. The molecular formula is C30H29F3N6O2S2. The number of nitrogens with zero attached hydrogens (tertiary/aromatic N) is 4.